The Balaban J connectivity index is 1.88. The molecule has 1 fully saturated rings. The van der Waals surface area contributed by atoms with Crippen LogP contribution in [0.15, 0.2) is 25.7 Å². The van der Waals surface area contributed by atoms with E-state index in [1.165, 1.54) is 0 Å². The summed E-state index contributed by atoms with van der Waals surface area (Å²) in [7, 11) is 0. The van der Waals surface area contributed by atoms with Gasteiger partial charge < -0.3 is 14.9 Å². The predicted molar refractivity (Wildman–Crippen MR) is 74.3 cm³/mol. The van der Waals surface area contributed by atoms with Gasteiger partial charge in [0, 0.05) is 21.7 Å². The van der Waals surface area contributed by atoms with Gasteiger partial charge in [-0.25, -0.2) is 0 Å². The van der Waals surface area contributed by atoms with E-state index in [9.17, 15) is 5.11 Å². The summed E-state index contributed by atoms with van der Waals surface area (Å²) in [4.78, 5) is 8.58. The molecule has 0 bridgehead atoms. The highest BCUT2D eigenvalue weighted by molar-refractivity contribution is 9.11. The van der Waals surface area contributed by atoms with Gasteiger partial charge in [-0.15, -0.1) is 0 Å². The van der Waals surface area contributed by atoms with Gasteiger partial charge in [-0.3, -0.25) is 4.98 Å². The van der Waals surface area contributed by atoms with E-state index >= 15 is 0 Å². The number of β-amino-alcohol motifs (C(OH)–C–C–N with tert-alkyl or cyclic N) is 1. The highest BCUT2D eigenvalue weighted by Gasteiger charge is 2.28. The van der Waals surface area contributed by atoms with Crippen molar-refractivity contribution in [3.63, 3.8) is 0 Å². The van der Waals surface area contributed by atoms with Crippen molar-refractivity contribution in [1.82, 2.24) is 20.4 Å². The average Bonchev–Trinajstić information content (AvgIpc) is 2.97. The van der Waals surface area contributed by atoms with E-state index in [1.54, 1.807) is 6.20 Å². The van der Waals surface area contributed by atoms with Crippen molar-refractivity contribution in [2.24, 2.45) is 0 Å². The first-order valence-corrected chi connectivity index (χ1v) is 7.28. The molecule has 1 aliphatic rings. The molecule has 0 aromatic carbocycles. The minimum atomic E-state index is -0.363. The van der Waals surface area contributed by atoms with Gasteiger partial charge in [0.05, 0.1) is 12.1 Å². The summed E-state index contributed by atoms with van der Waals surface area (Å²) in [5.74, 6) is 0.903. The van der Waals surface area contributed by atoms with Crippen molar-refractivity contribution < 1.29 is 9.63 Å². The molecular weight excluding hydrogens is 380 g/mol. The zero-order chi connectivity index (χ0) is 13.4. The second-order valence-corrected chi connectivity index (χ2v) is 6.06. The van der Waals surface area contributed by atoms with Gasteiger partial charge in [0.2, 0.25) is 11.7 Å². The molecule has 2 atom stereocenters. The topological polar surface area (TPSA) is 84.1 Å². The average molecular weight is 390 g/mol. The minimum Gasteiger partial charge on any atom is -0.392 e. The molecule has 100 valence electrons. The predicted octanol–water partition coefficient (Wildman–Crippen LogP) is 2.05. The van der Waals surface area contributed by atoms with Crippen molar-refractivity contribution in [2.45, 2.75) is 18.6 Å². The summed E-state index contributed by atoms with van der Waals surface area (Å²) in [6, 6.07) is 1.78. The summed E-state index contributed by atoms with van der Waals surface area (Å²) in [6.45, 7) is 0.544. The minimum absolute atomic E-state index is 0.0922. The van der Waals surface area contributed by atoms with E-state index in [2.05, 4.69) is 52.3 Å². The first kappa shape index (κ1) is 13.2. The molecule has 2 aromatic rings. The van der Waals surface area contributed by atoms with E-state index in [0.29, 0.717) is 30.4 Å². The van der Waals surface area contributed by atoms with Gasteiger partial charge in [0.1, 0.15) is 5.69 Å². The number of nitrogens with one attached hydrogen (secondary N) is 1. The molecule has 0 spiro atoms. The fourth-order valence-electron chi connectivity index (χ4n) is 1.96. The second kappa shape index (κ2) is 5.28. The third-order valence-electron chi connectivity index (χ3n) is 2.87. The largest absolute Gasteiger partial charge is 0.392 e. The quantitative estimate of drug-likeness (QED) is 0.817. The maximum atomic E-state index is 9.48. The monoisotopic (exact) mass is 388 g/mol. The van der Waals surface area contributed by atoms with Crippen molar-refractivity contribution in [3.8, 4) is 11.5 Å². The third-order valence-corrected chi connectivity index (χ3v) is 3.91. The Hall–Kier alpha value is -0.830. The number of rotatable bonds is 2. The van der Waals surface area contributed by atoms with Gasteiger partial charge in [-0.1, -0.05) is 5.16 Å². The van der Waals surface area contributed by atoms with Crippen LogP contribution >= 0.6 is 31.9 Å². The Bertz CT molecular complexity index is 604. The number of aromatic nitrogens is 3. The van der Waals surface area contributed by atoms with Gasteiger partial charge in [0.15, 0.2) is 0 Å². The molecule has 0 amide bonds. The molecule has 8 heteroatoms. The smallest absolute Gasteiger partial charge is 0.244 e. The molecule has 6 nitrogen and oxygen atoms in total. The van der Waals surface area contributed by atoms with Crippen LogP contribution in [0.25, 0.3) is 11.5 Å². The molecule has 2 unspecified atom stereocenters. The third kappa shape index (κ3) is 2.71. The van der Waals surface area contributed by atoms with Crippen LogP contribution in [0.5, 0.6) is 0 Å². The maximum Gasteiger partial charge on any atom is 0.244 e. The van der Waals surface area contributed by atoms with Crippen molar-refractivity contribution in [1.29, 1.82) is 0 Å². The van der Waals surface area contributed by atoms with Crippen molar-refractivity contribution in [3.05, 3.63) is 27.1 Å². The fraction of sp³-hybridized carbons (Fsp3) is 0.364. The van der Waals surface area contributed by atoms with Gasteiger partial charge >= 0.3 is 0 Å². The van der Waals surface area contributed by atoms with Crippen LogP contribution in [0.3, 0.4) is 0 Å². The Kier molecular flexibility index (Phi) is 3.66. The van der Waals surface area contributed by atoms with Gasteiger partial charge in [-0.05, 0) is 44.3 Å². The lowest BCUT2D eigenvalue weighted by molar-refractivity contribution is 0.191. The lowest BCUT2D eigenvalue weighted by Gasteiger charge is -2.01. The fourth-order valence-corrected chi connectivity index (χ4v) is 3.12. The first-order valence-electron chi connectivity index (χ1n) is 5.70. The highest BCUT2D eigenvalue weighted by Crippen LogP contribution is 2.28. The Morgan fingerprint density at radius 2 is 2.26 bits per heavy atom. The second-order valence-electron chi connectivity index (χ2n) is 4.29. The lowest BCUT2D eigenvalue weighted by atomic mass is 10.2. The van der Waals surface area contributed by atoms with Crippen LogP contribution in [-0.4, -0.2) is 32.9 Å². The molecule has 0 aliphatic carbocycles. The van der Waals surface area contributed by atoms with Crippen molar-refractivity contribution in [2.75, 3.05) is 6.54 Å². The van der Waals surface area contributed by atoms with Gasteiger partial charge in [-0.2, -0.15) is 4.98 Å². The normalized spacial score (nSPS) is 22.9. The summed E-state index contributed by atoms with van der Waals surface area (Å²) in [5.41, 5.74) is 0.622. The summed E-state index contributed by atoms with van der Waals surface area (Å²) >= 11 is 6.76. The SMILES string of the molecule is OC1CNC(c2nc(-c3ncc(Br)cc3Br)no2)C1. The Labute approximate surface area is 125 Å². The van der Waals surface area contributed by atoms with Crippen LogP contribution in [0, 0.1) is 0 Å². The zero-order valence-electron chi connectivity index (χ0n) is 9.68. The summed E-state index contributed by atoms with van der Waals surface area (Å²) in [6.07, 6.45) is 1.89. The summed E-state index contributed by atoms with van der Waals surface area (Å²) in [5, 5.41) is 16.5. The maximum absolute atomic E-state index is 9.48. The van der Waals surface area contributed by atoms with Crippen LogP contribution in [-0.2, 0) is 0 Å². The van der Waals surface area contributed by atoms with Crippen molar-refractivity contribution >= 4 is 31.9 Å². The van der Waals surface area contributed by atoms with E-state index < -0.39 is 0 Å². The standard InChI is InChI=1S/C11H10Br2N4O2/c12-5-1-7(13)9(15-3-5)10-16-11(19-17-10)8-2-6(18)4-14-8/h1,3,6,8,14,18H,2,4H2. The number of hydrogen-bond donors (Lipinski definition) is 2. The highest BCUT2D eigenvalue weighted by atomic mass is 79.9. The zero-order valence-corrected chi connectivity index (χ0v) is 12.8. The van der Waals surface area contributed by atoms with Crippen LogP contribution < -0.4 is 5.32 Å². The Morgan fingerprint density at radius 3 is 2.95 bits per heavy atom. The molecule has 0 radical (unpaired) electrons. The van der Waals surface area contributed by atoms with E-state index in [1.807, 2.05) is 6.07 Å². The molecule has 3 heterocycles. The van der Waals surface area contributed by atoms with Crippen LogP contribution in [0.2, 0.25) is 0 Å². The van der Waals surface area contributed by atoms with E-state index in [-0.39, 0.29) is 12.1 Å². The van der Waals surface area contributed by atoms with E-state index in [0.717, 1.165) is 8.95 Å². The van der Waals surface area contributed by atoms with Crippen LogP contribution in [0.4, 0.5) is 0 Å². The number of hydrogen-bond acceptors (Lipinski definition) is 6. The Morgan fingerprint density at radius 1 is 1.42 bits per heavy atom. The molecular formula is C11H10Br2N4O2. The summed E-state index contributed by atoms with van der Waals surface area (Å²) < 4.78 is 6.88. The van der Waals surface area contributed by atoms with Crippen LogP contribution in [0.1, 0.15) is 18.4 Å². The molecule has 0 saturated carbocycles. The number of aliphatic hydroxyl groups excluding tert-OH is 1. The molecule has 1 saturated heterocycles. The van der Waals surface area contributed by atoms with Gasteiger partial charge in [0.25, 0.3) is 0 Å². The number of nitrogens with zero attached hydrogens (tertiary/aromatic N) is 3. The first-order chi connectivity index (χ1) is 9.13. The molecule has 1 aliphatic heterocycles. The number of halogens is 2. The number of pyridine rings is 1. The lowest BCUT2D eigenvalue weighted by Crippen LogP contribution is -2.15. The van der Waals surface area contributed by atoms with E-state index in [4.69, 9.17) is 4.52 Å². The molecule has 3 rings (SSSR count). The molecule has 2 N–H and O–H groups in total. The molecule has 19 heavy (non-hydrogen) atoms. The molecule has 2 aromatic heterocycles. The number of aliphatic hydroxyl groups is 1.